The average molecular weight is 235 g/mol. The minimum absolute atomic E-state index is 0.261. The van der Waals surface area contributed by atoms with Crippen LogP contribution in [0.4, 0.5) is 4.39 Å². The van der Waals surface area contributed by atoms with Crippen LogP contribution in [0.2, 0.25) is 0 Å². The summed E-state index contributed by atoms with van der Waals surface area (Å²) in [5.41, 5.74) is 1.37. The van der Waals surface area contributed by atoms with E-state index in [-0.39, 0.29) is 11.9 Å². The van der Waals surface area contributed by atoms with Crippen molar-refractivity contribution in [1.29, 1.82) is 0 Å². The SMILES string of the molecule is CCNC(c1ccncc1F)c1cnnn1C. The van der Waals surface area contributed by atoms with Crippen LogP contribution in [0, 0.1) is 5.82 Å². The minimum Gasteiger partial charge on any atom is -0.305 e. The van der Waals surface area contributed by atoms with Crippen molar-refractivity contribution in [1.82, 2.24) is 25.3 Å². The second-order valence-electron chi connectivity index (χ2n) is 3.67. The minimum atomic E-state index is -0.334. The quantitative estimate of drug-likeness (QED) is 0.860. The van der Waals surface area contributed by atoms with Gasteiger partial charge in [-0.2, -0.15) is 0 Å². The number of nitrogens with zero attached hydrogens (tertiary/aromatic N) is 4. The van der Waals surface area contributed by atoms with E-state index in [9.17, 15) is 4.39 Å². The van der Waals surface area contributed by atoms with Crippen LogP contribution in [0.25, 0.3) is 0 Å². The Kier molecular flexibility index (Phi) is 3.43. The van der Waals surface area contributed by atoms with Gasteiger partial charge in [0.15, 0.2) is 0 Å². The summed E-state index contributed by atoms with van der Waals surface area (Å²) in [5.74, 6) is -0.334. The molecule has 1 atom stereocenters. The lowest BCUT2D eigenvalue weighted by atomic mass is 10.1. The molecule has 6 heteroatoms. The third-order valence-electron chi connectivity index (χ3n) is 2.57. The fourth-order valence-corrected chi connectivity index (χ4v) is 1.76. The number of rotatable bonds is 4. The maximum absolute atomic E-state index is 13.7. The molecule has 0 saturated heterocycles. The predicted octanol–water partition coefficient (Wildman–Crippen LogP) is 1.05. The first-order valence-electron chi connectivity index (χ1n) is 5.41. The Morgan fingerprint density at radius 2 is 2.29 bits per heavy atom. The molecule has 2 aromatic rings. The van der Waals surface area contributed by atoms with Gasteiger partial charge in [0, 0.05) is 18.8 Å². The molecule has 0 spiro atoms. The lowest BCUT2D eigenvalue weighted by Gasteiger charge is -2.18. The van der Waals surface area contributed by atoms with Gasteiger partial charge in [-0.3, -0.25) is 9.67 Å². The van der Waals surface area contributed by atoms with E-state index in [0.29, 0.717) is 5.56 Å². The summed E-state index contributed by atoms with van der Waals surface area (Å²) in [4.78, 5) is 3.75. The van der Waals surface area contributed by atoms with E-state index in [1.165, 1.54) is 6.20 Å². The van der Waals surface area contributed by atoms with Crippen LogP contribution in [-0.2, 0) is 7.05 Å². The van der Waals surface area contributed by atoms with Crippen LogP contribution in [0.5, 0.6) is 0 Å². The molecule has 2 rings (SSSR count). The largest absolute Gasteiger partial charge is 0.305 e. The molecule has 1 N–H and O–H groups in total. The number of nitrogens with one attached hydrogen (secondary N) is 1. The van der Waals surface area contributed by atoms with Crippen molar-refractivity contribution in [3.8, 4) is 0 Å². The highest BCUT2D eigenvalue weighted by Gasteiger charge is 2.20. The van der Waals surface area contributed by atoms with E-state index in [2.05, 4.69) is 20.6 Å². The summed E-state index contributed by atoms with van der Waals surface area (Å²) in [6.45, 7) is 2.69. The van der Waals surface area contributed by atoms with Gasteiger partial charge in [-0.1, -0.05) is 12.1 Å². The molecule has 17 heavy (non-hydrogen) atoms. The summed E-state index contributed by atoms with van der Waals surface area (Å²) in [5, 5.41) is 10.9. The number of aryl methyl sites for hydroxylation is 1. The molecule has 90 valence electrons. The molecular weight excluding hydrogens is 221 g/mol. The van der Waals surface area contributed by atoms with Crippen LogP contribution < -0.4 is 5.32 Å². The Morgan fingerprint density at radius 3 is 2.88 bits per heavy atom. The number of hydrogen-bond donors (Lipinski definition) is 1. The van der Waals surface area contributed by atoms with Crippen molar-refractivity contribution in [3.05, 3.63) is 41.7 Å². The number of pyridine rings is 1. The maximum Gasteiger partial charge on any atom is 0.146 e. The number of halogens is 1. The third kappa shape index (κ3) is 2.31. The fourth-order valence-electron chi connectivity index (χ4n) is 1.76. The molecule has 0 aliphatic carbocycles. The molecular formula is C11H14FN5. The molecule has 0 aliphatic heterocycles. The maximum atomic E-state index is 13.7. The number of hydrogen-bond acceptors (Lipinski definition) is 4. The molecule has 0 aromatic carbocycles. The monoisotopic (exact) mass is 235 g/mol. The summed E-state index contributed by atoms with van der Waals surface area (Å²) >= 11 is 0. The lowest BCUT2D eigenvalue weighted by Crippen LogP contribution is -2.25. The Bertz CT molecular complexity index is 496. The van der Waals surface area contributed by atoms with E-state index in [0.717, 1.165) is 12.2 Å². The zero-order valence-electron chi connectivity index (χ0n) is 9.76. The van der Waals surface area contributed by atoms with E-state index < -0.39 is 0 Å². The first kappa shape index (κ1) is 11.7. The van der Waals surface area contributed by atoms with Gasteiger partial charge >= 0.3 is 0 Å². The second kappa shape index (κ2) is 5.01. The van der Waals surface area contributed by atoms with Gasteiger partial charge in [0.05, 0.1) is 24.1 Å². The van der Waals surface area contributed by atoms with Gasteiger partial charge in [0.1, 0.15) is 5.82 Å². The molecule has 5 nitrogen and oxygen atoms in total. The molecule has 0 fully saturated rings. The summed E-state index contributed by atoms with van der Waals surface area (Å²) < 4.78 is 15.4. The molecule has 0 radical (unpaired) electrons. The van der Waals surface area contributed by atoms with Crippen LogP contribution in [-0.4, -0.2) is 26.5 Å². The summed E-state index contributed by atoms with van der Waals surface area (Å²) in [6, 6.07) is 1.40. The third-order valence-corrected chi connectivity index (χ3v) is 2.57. The molecule has 2 aromatic heterocycles. The molecule has 0 amide bonds. The van der Waals surface area contributed by atoms with Crippen LogP contribution in [0.15, 0.2) is 24.7 Å². The van der Waals surface area contributed by atoms with Crippen molar-refractivity contribution in [3.63, 3.8) is 0 Å². The molecule has 0 saturated carbocycles. The van der Waals surface area contributed by atoms with E-state index in [1.54, 1.807) is 30.2 Å². The van der Waals surface area contributed by atoms with Crippen molar-refractivity contribution in [2.24, 2.45) is 7.05 Å². The van der Waals surface area contributed by atoms with Gasteiger partial charge in [0.25, 0.3) is 0 Å². The number of aromatic nitrogens is 4. The molecule has 0 aliphatic rings. The highest BCUT2D eigenvalue weighted by Crippen LogP contribution is 2.22. The summed E-state index contributed by atoms with van der Waals surface area (Å²) in [7, 11) is 1.78. The van der Waals surface area contributed by atoms with Crippen molar-refractivity contribution >= 4 is 0 Å². The van der Waals surface area contributed by atoms with Crippen LogP contribution in [0.1, 0.15) is 24.2 Å². The Labute approximate surface area is 98.7 Å². The Hall–Kier alpha value is -1.82. The zero-order chi connectivity index (χ0) is 12.3. The van der Waals surface area contributed by atoms with E-state index in [4.69, 9.17) is 0 Å². The highest BCUT2D eigenvalue weighted by atomic mass is 19.1. The normalized spacial score (nSPS) is 12.6. The van der Waals surface area contributed by atoms with Gasteiger partial charge in [-0.05, 0) is 12.6 Å². The topological polar surface area (TPSA) is 55.6 Å². The van der Waals surface area contributed by atoms with Crippen molar-refractivity contribution in [2.75, 3.05) is 6.54 Å². The van der Waals surface area contributed by atoms with E-state index in [1.807, 2.05) is 6.92 Å². The smallest absolute Gasteiger partial charge is 0.146 e. The summed E-state index contributed by atoms with van der Waals surface area (Å²) in [6.07, 6.45) is 4.42. The molecule has 2 heterocycles. The zero-order valence-corrected chi connectivity index (χ0v) is 9.76. The predicted molar refractivity (Wildman–Crippen MR) is 60.7 cm³/mol. The van der Waals surface area contributed by atoms with Crippen LogP contribution >= 0.6 is 0 Å². The standard InChI is InChI=1S/C11H14FN5/c1-3-14-11(10-7-15-16-17(10)2)8-4-5-13-6-9(8)12/h4-7,11,14H,3H2,1-2H3. The Balaban J connectivity index is 2.43. The second-order valence-corrected chi connectivity index (χ2v) is 3.67. The van der Waals surface area contributed by atoms with Gasteiger partial charge in [-0.25, -0.2) is 4.39 Å². The van der Waals surface area contributed by atoms with E-state index >= 15 is 0 Å². The van der Waals surface area contributed by atoms with Crippen molar-refractivity contribution in [2.45, 2.75) is 13.0 Å². The van der Waals surface area contributed by atoms with Crippen molar-refractivity contribution < 1.29 is 4.39 Å². The first-order valence-corrected chi connectivity index (χ1v) is 5.41. The average Bonchev–Trinajstić information content (AvgIpc) is 2.74. The van der Waals surface area contributed by atoms with Gasteiger partial charge < -0.3 is 5.32 Å². The van der Waals surface area contributed by atoms with Gasteiger partial charge in [0.2, 0.25) is 0 Å². The lowest BCUT2D eigenvalue weighted by molar-refractivity contribution is 0.527. The molecule has 1 unspecified atom stereocenters. The first-order chi connectivity index (χ1) is 8.24. The fraction of sp³-hybridized carbons (Fsp3) is 0.364. The van der Waals surface area contributed by atoms with Gasteiger partial charge in [-0.15, -0.1) is 5.10 Å². The Morgan fingerprint density at radius 1 is 1.47 bits per heavy atom. The highest BCUT2D eigenvalue weighted by molar-refractivity contribution is 5.25. The molecule has 0 bridgehead atoms. The van der Waals surface area contributed by atoms with Crippen LogP contribution in [0.3, 0.4) is 0 Å².